The lowest BCUT2D eigenvalue weighted by atomic mass is 10.2. The van der Waals surface area contributed by atoms with Crippen molar-refractivity contribution < 1.29 is 27.5 Å². The number of rotatable bonds is 6. The summed E-state index contributed by atoms with van der Waals surface area (Å²) in [4.78, 5) is 37.1. The van der Waals surface area contributed by atoms with Gasteiger partial charge in [-0.3, -0.25) is 14.4 Å². The maximum atomic E-state index is 12.6. The highest BCUT2D eigenvalue weighted by molar-refractivity contribution is 7.90. The standard InChI is InChI=1S/C23H24N4O6S/c1-14-15(2)27(16-7-3-4-8-16)22(18(14)11-24)25-20(28)13-33-21(29)12-26-23(30)17-9-5-6-10-19(17)34(26,31)32/h5-6,9-10,16H,3-4,7-8,12-13H2,1-2H3,(H,25,28). The molecule has 4 rings (SSSR count). The lowest BCUT2D eigenvalue weighted by molar-refractivity contribution is -0.147. The highest BCUT2D eigenvalue weighted by Crippen LogP contribution is 2.37. The van der Waals surface area contributed by atoms with Crippen molar-refractivity contribution in [2.75, 3.05) is 18.5 Å². The maximum Gasteiger partial charge on any atom is 0.327 e. The van der Waals surface area contributed by atoms with Crippen molar-refractivity contribution in [2.45, 2.75) is 50.5 Å². The fraction of sp³-hybridized carbons (Fsp3) is 0.391. The number of nitriles is 1. The Bertz CT molecular complexity index is 1330. The van der Waals surface area contributed by atoms with E-state index >= 15 is 0 Å². The highest BCUT2D eigenvalue weighted by Gasteiger charge is 2.42. The molecular weight excluding hydrogens is 460 g/mol. The third-order valence-corrected chi connectivity index (χ3v) is 8.15. The number of hydrogen-bond donors (Lipinski definition) is 1. The topological polar surface area (TPSA) is 139 Å². The van der Waals surface area contributed by atoms with Crippen molar-refractivity contribution in [1.29, 1.82) is 5.26 Å². The van der Waals surface area contributed by atoms with E-state index in [1.165, 1.54) is 24.3 Å². The van der Waals surface area contributed by atoms with E-state index in [1.807, 2.05) is 18.4 Å². The van der Waals surface area contributed by atoms with Gasteiger partial charge in [-0.05, 0) is 44.4 Å². The van der Waals surface area contributed by atoms with Crippen LogP contribution in [0.1, 0.15) is 58.9 Å². The molecule has 0 saturated heterocycles. The van der Waals surface area contributed by atoms with Gasteiger partial charge < -0.3 is 14.6 Å². The van der Waals surface area contributed by atoms with Crippen molar-refractivity contribution in [1.82, 2.24) is 8.87 Å². The molecule has 0 bridgehead atoms. The zero-order chi connectivity index (χ0) is 24.6. The second-order valence-electron chi connectivity index (χ2n) is 8.38. The molecule has 1 aliphatic heterocycles. The van der Waals surface area contributed by atoms with Crippen LogP contribution < -0.4 is 5.32 Å². The van der Waals surface area contributed by atoms with E-state index in [0.29, 0.717) is 15.7 Å². The minimum Gasteiger partial charge on any atom is -0.454 e. The van der Waals surface area contributed by atoms with Gasteiger partial charge in [0.2, 0.25) is 0 Å². The molecular formula is C23H24N4O6S. The van der Waals surface area contributed by atoms with Gasteiger partial charge in [0.1, 0.15) is 23.3 Å². The molecule has 1 aliphatic carbocycles. The van der Waals surface area contributed by atoms with Crippen LogP contribution in [0.4, 0.5) is 5.82 Å². The predicted octanol–water partition coefficient (Wildman–Crippen LogP) is 2.42. The SMILES string of the molecule is Cc1c(C#N)c(NC(=O)COC(=O)CN2C(=O)c3ccccc3S2(=O)=O)n(C2CCCC2)c1C. The van der Waals surface area contributed by atoms with Gasteiger partial charge in [0, 0.05) is 11.7 Å². The van der Waals surface area contributed by atoms with Crippen LogP contribution >= 0.6 is 0 Å². The molecule has 178 valence electrons. The van der Waals surface area contributed by atoms with Crippen LogP contribution in [0.5, 0.6) is 0 Å². The molecule has 2 heterocycles. The number of nitrogens with zero attached hydrogens (tertiary/aromatic N) is 3. The fourth-order valence-electron chi connectivity index (χ4n) is 4.57. The summed E-state index contributed by atoms with van der Waals surface area (Å²) in [6.07, 6.45) is 4.02. The van der Waals surface area contributed by atoms with Gasteiger partial charge in [0.15, 0.2) is 6.61 Å². The first-order valence-corrected chi connectivity index (χ1v) is 12.3. The summed E-state index contributed by atoms with van der Waals surface area (Å²) in [5, 5.41) is 12.3. The number of esters is 1. The monoisotopic (exact) mass is 484 g/mol. The number of hydrogen-bond acceptors (Lipinski definition) is 7. The summed E-state index contributed by atoms with van der Waals surface area (Å²) in [5.41, 5.74) is 2.01. The molecule has 0 atom stereocenters. The minimum atomic E-state index is -4.16. The molecule has 11 heteroatoms. The Morgan fingerprint density at radius 1 is 1.21 bits per heavy atom. The van der Waals surface area contributed by atoms with Gasteiger partial charge in [-0.25, -0.2) is 12.7 Å². The summed E-state index contributed by atoms with van der Waals surface area (Å²) in [6, 6.07) is 7.97. The second-order valence-corrected chi connectivity index (χ2v) is 10.2. The Balaban J connectivity index is 1.43. The number of fused-ring (bicyclic) bond motifs is 1. The summed E-state index contributed by atoms with van der Waals surface area (Å²) in [7, 11) is -4.16. The number of aromatic nitrogens is 1. The number of ether oxygens (including phenoxy) is 1. The lowest BCUT2D eigenvalue weighted by Gasteiger charge is -2.19. The number of nitrogens with one attached hydrogen (secondary N) is 1. The van der Waals surface area contributed by atoms with E-state index in [-0.39, 0.29) is 16.5 Å². The third kappa shape index (κ3) is 3.94. The average Bonchev–Trinajstić information content (AvgIpc) is 3.46. The Morgan fingerprint density at radius 2 is 1.88 bits per heavy atom. The number of amides is 2. The quantitative estimate of drug-likeness (QED) is 0.621. The second kappa shape index (κ2) is 8.95. The molecule has 10 nitrogen and oxygen atoms in total. The van der Waals surface area contributed by atoms with Crippen LogP contribution in [-0.4, -0.2) is 48.2 Å². The Kier molecular flexibility index (Phi) is 6.18. The van der Waals surface area contributed by atoms with Gasteiger partial charge in [0.25, 0.3) is 21.8 Å². The summed E-state index contributed by atoms with van der Waals surface area (Å²) < 4.78 is 32.5. The van der Waals surface area contributed by atoms with E-state index < -0.39 is 41.0 Å². The van der Waals surface area contributed by atoms with Gasteiger partial charge in [-0.15, -0.1) is 0 Å². The molecule has 1 aromatic carbocycles. The van der Waals surface area contributed by atoms with Crippen molar-refractivity contribution in [2.24, 2.45) is 0 Å². The largest absolute Gasteiger partial charge is 0.454 e. The van der Waals surface area contributed by atoms with Crippen molar-refractivity contribution in [3.05, 3.63) is 46.6 Å². The third-order valence-electron chi connectivity index (χ3n) is 6.37. The summed E-state index contributed by atoms with van der Waals surface area (Å²) in [5.74, 6) is -2.16. The van der Waals surface area contributed by atoms with Gasteiger partial charge >= 0.3 is 5.97 Å². The first kappa shape index (κ1) is 23.5. The van der Waals surface area contributed by atoms with Crippen LogP contribution in [-0.2, 0) is 24.3 Å². The van der Waals surface area contributed by atoms with Crippen molar-refractivity contribution >= 4 is 33.6 Å². The maximum absolute atomic E-state index is 12.6. The molecule has 0 spiro atoms. The molecule has 34 heavy (non-hydrogen) atoms. The Morgan fingerprint density at radius 3 is 2.53 bits per heavy atom. The zero-order valence-corrected chi connectivity index (χ0v) is 19.6. The van der Waals surface area contributed by atoms with Gasteiger partial charge in [0.05, 0.1) is 11.1 Å². The Hall–Kier alpha value is -3.65. The Labute approximate surface area is 197 Å². The first-order valence-electron chi connectivity index (χ1n) is 10.9. The molecule has 1 N–H and O–H groups in total. The average molecular weight is 485 g/mol. The van der Waals surface area contributed by atoms with E-state index in [0.717, 1.165) is 36.9 Å². The first-order chi connectivity index (χ1) is 16.2. The molecule has 1 aromatic heterocycles. The van der Waals surface area contributed by atoms with E-state index in [9.17, 15) is 28.1 Å². The van der Waals surface area contributed by atoms with E-state index in [2.05, 4.69) is 11.4 Å². The summed E-state index contributed by atoms with van der Waals surface area (Å²) in [6.45, 7) is 2.19. The smallest absolute Gasteiger partial charge is 0.327 e. The minimum absolute atomic E-state index is 0.0181. The number of carbonyl (C=O) groups excluding carboxylic acids is 3. The molecule has 0 unspecified atom stereocenters. The molecule has 1 saturated carbocycles. The summed E-state index contributed by atoms with van der Waals surface area (Å²) >= 11 is 0. The molecule has 2 amide bonds. The van der Waals surface area contributed by atoms with E-state index in [1.54, 1.807) is 0 Å². The van der Waals surface area contributed by atoms with Crippen LogP contribution in [0, 0.1) is 25.2 Å². The highest BCUT2D eigenvalue weighted by atomic mass is 32.2. The van der Waals surface area contributed by atoms with Crippen LogP contribution in [0.2, 0.25) is 0 Å². The van der Waals surface area contributed by atoms with Gasteiger partial charge in [-0.1, -0.05) is 25.0 Å². The molecule has 1 fully saturated rings. The molecule has 2 aliphatic rings. The van der Waals surface area contributed by atoms with Crippen LogP contribution in [0.25, 0.3) is 0 Å². The van der Waals surface area contributed by atoms with Gasteiger partial charge in [-0.2, -0.15) is 5.26 Å². The van der Waals surface area contributed by atoms with Crippen molar-refractivity contribution in [3.63, 3.8) is 0 Å². The fourth-order valence-corrected chi connectivity index (χ4v) is 6.08. The number of benzene rings is 1. The normalized spacial score (nSPS) is 16.9. The number of carbonyl (C=O) groups is 3. The van der Waals surface area contributed by atoms with E-state index in [4.69, 9.17) is 4.74 Å². The molecule has 0 radical (unpaired) electrons. The van der Waals surface area contributed by atoms with Crippen LogP contribution in [0.3, 0.4) is 0 Å². The van der Waals surface area contributed by atoms with Crippen LogP contribution in [0.15, 0.2) is 29.2 Å². The number of anilines is 1. The predicted molar refractivity (Wildman–Crippen MR) is 120 cm³/mol. The zero-order valence-electron chi connectivity index (χ0n) is 18.8. The number of sulfonamides is 1. The van der Waals surface area contributed by atoms with Crippen molar-refractivity contribution in [3.8, 4) is 6.07 Å². The molecule has 2 aromatic rings. The lowest BCUT2D eigenvalue weighted by Crippen LogP contribution is -2.36.